The Morgan fingerprint density at radius 3 is 2.61 bits per heavy atom. The van der Waals surface area contributed by atoms with Crippen molar-refractivity contribution in [1.82, 2.24) is 39.6 Å². The van der Waals surface area contributed by atoms with E-state index in [1.807, 2.05) is 48.2 Å². The second kappa shape index (κ2) is 13.0. The van der Waals surface area contributed by atoms with Crippen LogP contribution in [0.4, 0.5) is 5.95 Å². The average molecular weight is 620 g/mol. The van der Waals surface area contributed by atoms with Crippen molar-refractivity contribution in [2.24, 2.45) is 0 Å². The number of tetrazole rings is 1. The molecule has 5 aromatic rings. The smallest absolute Gasteiger partial charge is 0.254 e. The van der Waals surface area contributed by atoms with E-state index in [-0.39, 0.29) is 17.9 Å². The van der Waals surface area contributed by atoms with Gasteiger partial charge in [0.2, 0.25) is 5.95 Å². The number of imidazole rings is 1. The number of aromatic nitrogens is 6. The molecule has 1 atom stereocenters. The van der Waals surface area contributed by atoms with Crippen molar-refractivity contribution in [3.05, 3.63) is 95.8 Å². The Hall–Kier alpha value is -4.61. The summed E-state index contributed by atoms with van der Waals surface area (Å²) >= 11 is 0. The van der Waals surface area contributed by atoms with Crippen LogP contribution < -0.4 is 4.90 Å². The highest BCUT2D eigenvalue weighted by molar-refractivity contribution is 5.96. The molecule has 7 rings (SSSR count). The lowest BCUT2D eigenvalue weighted by Crippen LogP contribution is -2.39. The molecule has 0 radical (unpaired) electrons. The highest BCUT2D eigenvalue weighted by atomic mass is 16.3. The number of aliphatic hydroxyl groups is 1. The molecule has 2 aliphatic rings. The van der Waals surface area contributed by atoms with Crippen molar-refractivity contribution < 1.29 is 9.90 Å². The van der Waals surface area contributed by atoms with Gasteiger partial charge in [-0.05, 0) is 85.1 Å². The first kappa shape index (κ1) is 30.1. The number of likely N-dealkylation sites (tertiary alicyclic amines) is 1. The number of nitrogens with zero attached hydrogens (tertiary/aromatic N) is 9. The summed E-state index contributed by atoms with van der Waals surface area (Å²) in [5, 5.41) is 21.3. The summed E-state index contributed by atoms with van der Waals surface area (Å²) in [6, 6.07) is 24.7. The van der Waals surface area contributed by atoms with E-state index in [2.05, 4.69) is 66.3 Å². The lowest BCUT2D eigenvalue weighted by molar-refractivity contribution is 0.0780. The Morgan fingerprint density at radius 2 is 1.78 bits per heavy atom. The zero-order valence-corrected chi connectivity index (χ0v) is 26.4. The van der Waals surface area contributed by atoms with Crippen molar-refractivity contribution in [1.29, 1.82) is 0 Å². The van der Waals surface area contributed by atoms with E-state index < -0.39 is 0 Å². The van der Waals surface area contributed by atoms with Crippen LogP contribution >= 0.6 is 0 Å². The number of para-hydroxylation sites is 2. The summed E-state index contributed by atoms with van der Waals surface area (Å²) in [4.78, 5) is 26.0. The van der Waals surface area contributed by atoms with Crippen LogP contribution in [0.1, 0.15) is 40.7 Å². The molecule has 1 unspecified atom stereocenters. The van der Waals surface area contributed by atoms with Crippen LogP contribution in [0.3, 0.4) is 0 Å². The van der Waals surface area contributed by atoms with E-state index in [4.69, 9.17) is 4.98 Å². The number of hydrogen-bond donors (Lipinski definition) is 1. The molecule has 2 aliphatic heterocycles. The van der Waals surface area contributed by atoms with Crippen molar-refractivity contribution in [3.63, 3.8) is 0 Å². The van der Waals surface area contributed by atoms with Crippen LogP contribution in [-0.4, -0.2) is 103 Å². The molecule has 46 heavy (non-hydrogen) atoms. The lowest BCUT2D eigenvalue weighted by atomic mass is 9.76. The number of amides is 1. The second-order valence-corrected chi connectivity index (χ2v) is 12.6. The largest absolute Gasteiger partial charge is 0.395 e. The van der Waals surface area contributed by atoms with Crippen LogP contribution in [0.25, 0.3) is 16.7 Å². The monoisotopic (exact) mass is 619 g/mol. The molecule has 0 saturated carbocycles. The van der Waals surface area contributed by atoms with E-state index >= 15 is 0 Å². The molecule has 2 aromatic heterocycles. The number of benzene rings is 3. The molecule has 11 heteroatoms. The van der Waals surface area contributed by atoms with Gasteiger partial charge in [0.15, 0.2) is 0 Å². The van der Waals surface area contributed by atoms with Gasteiger partial charge in [-0.25, -0.2) is 9.67 Å². The van der Waals surface area contributed by atoms with Crippen LogP contribution in [0.2, 0.25) is 0 Å². The maximum absolute atomic E-state index is 14.0. The van der Waals surface area contributed by atoms with Crippen molar-refractivity contribution in [3.8, 4) is 5.69 Å². The number of aryl methyl sites for hydroxylation is 1. The topological polar surface area (TPSA) is 108 Å². The van der Waals surface area contributed by atoms with Gasteiger partial charge in [-0.2, -0.15) is 0 Å². The number of carbonyl (C=O) groups is 1. The predicted molar refractivity (Wildman–Crippen MR) is 177 cm³/mol. The van der Waals surface area contributed by atoms with Gasteiger partial charge >= 0.3 is 0 Å². The van der Waals surface area contributed by atoms with Crippen LogP contribution in [0, 0.1) is 6.92 Å². The molecule has 0 aliphatic carbocycles. The van der Waals surface area contributed by atoms with Gasteiger partial charge in [0.25, 0.3) is 5.91 Å². The summed E-state index contributed by atoms with van der Waals surface area (Å²) in [6.07, 6.45) is 4.50. The zero-order valence-electron chi connectivity index (χ0n) is 26.4. The second-order valence-electron chi connectivity index (χ2n) is 12.6. The number of anilines is 1. The van der Waals surface area contributed by atoms with Gasteiger partial charge in [-0.15, -0.1) is 5.10 Å². The van der Waals surface area contributed by atoms with E-state index in [0.717, 1.165) is 86.8 Å². The minimum absolute atomic E-state index is 0.0569. The van der Waals surface area contributed by atoms with Crippen LogP contribution in [0.15, 0.2) is 79.1 Å². The normalized spacial score (nSPS) is 19.2. The Morgan fingerprint density at radius 1 is 0.935 bits per heavy atom. The molecule has 2 saturated heterocycles. The molecule has 4 heterocycles. The zero-order chi connectivity index (χ0) is 31.5. The third-order valence-corrected chi connectivity index (χ3v) is 9.83. The maximum Gasteiger partial charge on any atom is 0.254 e. The Kier molecular flexibility index (Phi) is 8.51. The third-order valence-electron chi connectivity index (χ3n) is 9.83. The number of rotatable bonds is 9. The molecule has 3 aromatic carbocycles. The first-order valence-corrected chi connectivity index (χ1v) is 16.3. The Labute approximate surface area is 269 Å². The van der Waals surface area contributed by atoms with E-state index in [1.54, 1.807) is 11.0 Å². The lowest BCUT2D eigenvalue weighted by Gasteiger charge is -2.33. The minimum Gasteiger partial charge on any atom is -0.395 e. The summed E-state index contributed by atoms with van der Waals surface area (Å²) in [5.41, 5.74) is 5.63. The van der Waals surface area contributed by atoms with Gasteiger partial charge < -0.3 is 24.4 Å². The third kappa shape index (κ3) is 5.88. The van der Waals surface area contributed by atoms with Gasteiger partial charge in [0.1, 0.15) is 6.33 Å². The number of aliphatic hydroxyl groups excluding tert-OH is 1. The fourth-order valence-corrected chi connectivity index (χ4v) is 7.25. The molecule has 0 bridgehead atoms. The Bertz CT molecular complexity index is 1790. The first-order valence-electron chi connectivity index (χ1n) is 16.3. The standard InChI is InChI=1S/C35H41N9O2/c1-27-12-13-29(44-26-36-38-39-44)24-30(27)33(46)42-19-15-35(25-42,28-8-3-2-4-9-28)14-18-40-16-7-17-41(21-20-40)34-37-31-10-5-6-11-32(31)43(34)22-23-45/h2-6,8-13,24,26,45H,7,14-23,25H2,1H3. The predicted octanol–water partition coefficient (Wildman–Crippen LogP) is 3.70. The molecule has 1 N–H and O–H groups in total. The van der Waals surface area contributed by atoms with Crippen LogP contribution in [0.5, 0.6) is 0 Å². The minimum atomic E-state index is -0.112. The fourth-order valence-electron chi connectivity index (χ4n) is 7.25. The molecular weight excluding hydrogens is 578 g/mol. The van der Waals surface area contributed by atoms with E-state index in [0.29, 0.717) is 18.7 Å². The molecule has 1 amide bonds. The highest BCUT2D eigenvalue weighted by Gasteiger charge is 2.42. The molecule has 11 nitrogen and oxygen atoms in total. The van der Waals surface area contributed by atoms with Gasteiger partial charge in [-0.3, -0.25) is 4.79 Å². The molecule has 238 valence electrons. The summed E-state index contributed by atoms with van der Waals surface area (Å²) in [6.45, 7) is 8.75. The summed E-state index contributed by atoms with van der Waals surface area (Å²) in [7, 11) is 0. The van der Waals surface area contributed by atoms with Crippen molar-refractivity contribution in [2.75, 3.05) is 57.3 Å². The number of carbonyl (C=O) groups excluding carboxylic acids is 1. The molecular formula is C35H41N9O2. The van der Waals surface area contributed by atoms with E-state index in [9.17, 15) is 9.90 Å². The van der Waals surface area contributed by atoms with Crippen molar-refractivity contribution in [2.45, 2.75) is 38.1 Å². The van der Waals surface area contributed by atoms with Gasteiger partial charge in [0.05, 0.1) is 23.3 Å². The first-order chi connectivity index (χ1) is 22.5. The number of hydrogen-bond acceptors (Lipinski definition) is 8. The maximum atomic E-state index is 14.0. The fraction of sp³-hybridized carbons (Fsp3) is 0.400. The summed E-state index contributed by atoms with van der Waals surface area (Å²) in [5.74, 6) is 1.00. The van der Waals surface area contributed by atoms with Crippen molar-refractivity contribution >= 4 is 22.9 Å². The molecule has 0 spiro atoms. The quantitative estimate of drug-likeness (QED) is 0.266. The summed E-state index contributed by atoms with van der Waals surface area (Å²) < 4.78 is 3.73. The van der Waals surface area contributed by atoms with E-state index in [1.165, 1.54) is 5.56 Å². The Balaban J connectivity index is 1.06. The van der Waals surface area contributed by atoms with Crippen LogP contribution in [-0.2, 0) is 12.0 Å². The van der Waals surface area contributed by atoms with Gasteiger partial charge in [-0.1, -0.05) is 48.5 Å². The number of fused-ring (bicyclic) bond motifs is 1. The SMILES string of the molecule is Cc1ccc(-n2cnnn2)cc1C(=O)N1CCC(CCN2CCCN(c3nc4ccccc4n3CCO)CC2)(c2ccccc2)C1. The molecule has 2 fully saturated rings. The highest BCUT2D eigenvalue weighted by Crippen LogP contribution is 2.39. The average Bonchev–Trinajstić information content (AvgIpc) is 3.82. The van der Waals surface area contributed by atoms with Gasteiger partial charge in [0, 0.05) is 50.2 Å².